The number of hydrogen-bond donors (Lipinski definition) is 0. The Morgan fingerprint density at radius 1 is 0.442 bits per heavy atom. The molecule has 52 heavy (non-hydrogen) atoms. The Balaban J connectivity index is 0.000000176. The van der Waals surface area contributed by atoms with Gasteiger partial charge in [-0.05, 0) is 67.3 Å². The van der Waals surface area contributed by atoms with Gasteiger partial charge in [-0.2, -0.15) is 41.5 Å². The molecule has 0 unspecified atom stereocenters. The van der Waals surface area contributed by atoms with Crippen molar-refractivity contribution in [2.75, 3.05) is 0 Å². The first-order valence-corrected chi connectivity index (χ1v) is 19.5. The molecule has 0 spiro atoms. The van der Waals surface area contributed by atoms with E-state index in [1.54, 1.807) is 0 Å². The molecule has 0 amide bonds. The van der Waals surface area contributed by atoms with E-state index in [-0.39, 0.29) is 22.4 Å². The van der Waals surface area contributed by atoms with Gasteiger partial charge in [0.1, 0.15) is 0 Å². The third-order valence-corrected chi connectivity index (χ3v) is 12.9. The fourth-order valence-corrected chi connectivity index (χ4v) is 10.3. The molecule has 0 aliphatic rings. The van der Waals surface area contributed by atoms with Gasteiger partial charge in [0.05, 0.1) is 11.4 Å². The summed E-state index contributed by atoms with van der Waals surface area (Å²) in [6, 6.07) is 74.9. The van der Waals surface area contributed by atoms with Gasteiger partial charge in [-0.3, -0.25) is 0 Å². The molecular formula is C46H38N2NiOP2. The van der Waals surface area contributed by atoms with Gasteiger partial charge < -0.3 is 5.11 Å². The topological polar surface area (TPSA) is 40.9 Å². The van der Waals surface area contributed by atoms with Crippen molar-refractivity contribution in [1.29, 1.82) is 0 Å². The first-order chi connectivity index (χ1) is 25.2. The van der Waals surface area contributed by atoms with E-state index in [1.165, 1.54) is 20.6 Å². The molecule has 0 bridgehead atoms. The molecule has 0 saturated carbocycles. The van der Waals surface area contributed by atoms with Crippen LogP contribution in [0.4, 0.5) is 0 Å². The van der Waals surface area contributed by atoms with Gasteiger partial charge in [0.15, 0.2) is 0 Å². The van der Waals surface area contributed by atoms with Gasteiger partial charge in [-0.15, -0.1) is 0 Å². The van der Waals surface area contributed by atoms with Gasteiger partial charge in [-0.25, -0.2) is 4.68 Å². The third-order valence-electron chi connectivity index (χ3n) is 7.89. The summed E-state index contributed by atoms with van der Waals surface area (Å²) in [6.45, 7) is 1.93. The van der Waals surface area contributed by atoms with Crippen LogP contribution in [0.2, 0.25) is 0 Å². The molecule has 8 aromatic rings. The monoisotopic (exact) mass is 754 g/mol. The number of rotatable bonds is 7. The molecular weight excluding hydrogens is 717 g/mol. The minimum atomic E-state index is -0.953. The summed E-state index contributed by atoms with van der Waals surface area (Å²) in [5.74, 6) is -0.0347. The first-order valence-electron chi connectivity index (χ1n) is 16.8. The average Bonchev–Trinajstić information content (AvgIpc) is 3.51. The van der Waals surface area contributed by atoms with Crippen molar-refractivity contribution >= 4 is 47.7 Å². The second-order valence-electron chi connectivity index (χ2n) is 11.4. The Bertz CT molecular complexity index is 1990. The van der Waals surface area contributed by atoms with E-state index < -0.39 is 15.8 Å². The molecule has 1 heterocycles. The summed E-state index contributed by atoms with van der Waals surface area (Å²) in [7, 11) is -1.40. The number of para-hydroxylation sites is 1. The predicted molar refractivity (Wildman–Crippen MR) is 217 cm³/mol. The largest absolute Gasteiger partial charge is 2.00 e. The Kier molecular flexibility index (Phi) is 14.7. The van der Waals surface area contributed by atoms with Crippen molar-refractivity contribution in [3.8, 4) is 11.6 Å². The van der Waals surface area contributed by atoms with Crippen LogP contribution in [0.1, 0.15) is 5.69 Å². The van der Waals surface area contributed by atoms with E-state index in [0.29, 0.717) is 0 Å². The summed E-state index contributed by atoms with van der Waals surface area (Å²) >= 11 is 0. The number of nitrogens with zero attached hydrogens (tertiary/aromatic N) is 2. The van der Waals surface area contributed by atoms with Crippen LogP contribution in [0.3, 0.4) is 0 Å². The number of benzene rings is 7. The number of aryl methyl sites for hydroxylation is 1. The quantitative estimate of drug-likeness (QED) is 0.0943. The van der Waals surface area contributed by atoms with Crippen LogP contribution in [0.5, 0.6) is 5.88 Å². The van der Waals surface area contributed by atoms with Crippen LogP contribution < -0.4 is 36.9 Å². The Hall–Kier alpha value is -5.10. The second-order valence-corrected chi connectivity index (χ2v) is 15.8. The van der Waals surface area contributed by atoms with Crippen molar-refractivity contribution in [1.82, 2.24) is 9.78 Å². The maximum atomic E-state index is 13.3. The number of aromatic nitrogens is 2. The molecule has 0 saturated heterocycles. The molecule has 7 aromatic carbocycles. The van der Waals surface area contributed by atoms with Crippen molar-refractivity contribution in [2.24, 2.45) is 0 Å². The second kappa shape index (κ2) is 20.1. The van der Waals surface area contributed by atoms with Gasteiger partial charge in [0.2, 0.25) is 0 Å². The van der Waals surface area contributed by atoms with Crippen LogP contribution in [0.25, 0.3) is 5.69 Å². The smallest absolute Gasteiger partial charge is 0.858 e. The van der Waals surface area contributed by atoms with Crippen molar-refractivity contribution < 1.29 is 21.6 Å². The van der Waals surface area contributed by atoms with Crippen LogP contribution >= 0.6 is 15.8 Å². The molecule has 258 valence electrons. The van der Waals surface area contributed by atoms with E-state index in [1.807, 2.05) is 104 Å². The molecule has 8 rings (SSSR count). The molecule has 0 atom stereocenters. The standard InChI is InChI=1S/C22H19N2OP.C18H15P.C6H5.Ni/c1-17-21(22(25)24(23-17)18-11-5-2-6-12-18)26(19-13-7-3-8-14-19)20-15-9-4-10-16-20;1-4-10-16(11-5-1)19(17-12-6-2-7-13-17)18-14-8-3-9-15-18;1-2-4-6-5-3-1;/h2-16,25H,1H3;1-15H;1-5H;/q;;-1;+2/p-1. The molecule has 3 nitrogen and oxygen atoms in total. The van der Waals surface area contributed by atoms with Crippen LogP contribution in [0.15, 0.2) is 212 Å². The molecule has 0 radical (unpaired) electrons. The predicted octanol–water partition coefficient (Wildman–Crippen LogP) is 7.94. The van der Waals surface area contributed by atoms with Gasteiger partial charge in [0, 0.05) is 5.30 Å². The zero-order chi connectivity index (χ0) is 35.1. The minimum absolute atomic E-state index is 0. The average molecular weight is 755 g/mol. The Morgan fingerprint density at radius 2 is 0.750 bits per heavy atom. The SMILES string of the molecule is Cc1nn(-c2ccccc2)c([O-])c1P(c1ccccc1)c1ccccc1.[Ni+2].[c-]1ccccc1.c1ccc(P(c2ccccc2)c2ccccc2)cc1. The molecule has 1 aromatic heterocycles. The van der Waals surface area contributed by atoms with Gasteiger partial charge in [-0.1, -0.05) is 170 Å². The summed E-state index contributed by atoms with van der Waals surface area (Å²) < 4.78 is 1.52. The fraction of sp³-hybridized carbons (Fsp3) is 0.0217. The Labute approximate surface area is 320 Å². The zero-order valence-electron chi connectivity index (χ0n) is 28.7. The van der Waals surface area contributed by atoms with E-state index in [2.05, 4.69) is 126 Å². The maximum absolute atomic E-state index is 13.3. The van der Waals surface area contributed by atoms with Crippen molar-refractivity contribution in [3.05, 3.63) is 224 Å². The fourth-order valence-electron chi connectivity index (χ4n) is 5.58. The summed E-state index contributed by atoms with van der Waals surface area (Å²) in [5.41, 5.74) is 1.58. The summed E-state index contributed by atoms with van der Waals surface area (Å²) in [5, 5.41) is 25.2. The van der Waals surface area contributed by atoms with Crippen molar-refractivity contribution in [3.63, 3.8) is 0 Å². The molecule has 0 aliphatic heterocycles. The third kappa shape index (κ3) is 10.0. The maximum Gasteiger partial charge on any atom is 2.00 e. The Morgan fingerprint density at radius 3 is 1.06 bits per heavy atom. The van der Waals surface area contributed by atoms with Crippen LogP contribution in [0, 0.1) is 13.0 Å². The van der Waals surface area contributed by atoms with E-state index in [0.717, 1.165) is 27.3 Å². The number of hydrogen-bond acceptors (Lipinski definition) is 2. The normalized spacial score (nSPS) is 10.3. The minimum Gasteiger partial charge on any atom is -0.858 e. The first kappa shape index (κ1) is 38.1. The van der Waals surface area contributed by atoms with E-state index in [4.69, 9.17) is 0 Å². The van der Waals surface area contributed by atoms with Crippen molar-refractivity contribution in [2.45, 2.75) is 6.92 Å². The summed E-state index contributed by atoms with van der Waals surface area (Å²) in [4.78, 5) is 0. The zero-order valence-corrected chi connectivity index (χ0v) is 31.5. The van der Waals surface area contributed by atoms with Crippen LogP contribution in [-0.4, -0.2) is 9.78 Å². The van der Waals surface area contributed by atoms with E-state index in [9.17, 15) is 5.11 Å². The molecule has 6 heteroatoms. The van der Waals surface area contributed by atoms with E-state index >= 15 is 0 Å². The molecule has 0 aliphatic carbocycles. The van der Waals surface area contributed by atoms with Gasteiger partial charge in [0.25, 0.3) is 0 Å². The van der Waals surface area contributed by atoms with Crippen LogP contribution in [-0.2, 0) is 16.5 Å². The summed E-state index contributed by atoms with van der Waals surface area (Å²) in [6.07, 6.45) is 0. The van der Waals surface area contributed by atoms with Gasteiger partial charge >= 0.3 is 16.5 Å². The molecule has 0 N–H and O–H groups in total. The molecule has 0 fully saturated rings.